The van der Waals surface area contributed by atoms with Crippen molar-refractivity contribution in [2.75, 3.05) is 11.9 Å². The van der Waals surface area contributed by atoms with E-state index in [1.54, 1.807) is 13.0 Å². The molecule has 20 heavy (non-hydrogen) atoms. The number of aliphatic hydroxyl groups is 1. The maximum absolute atomic E-state index is 10.8. The Morgan fingerprint density at radius 2 is 2.40 bits per heavy atom. The summed E-state index contributed by atoms with van der Waals surface area (Å²) < 4.78 is 0. The van der Waals surface area contributed by atoms with Gasteiger partial charge in [0.25, 0.3) is 5.69 Å². The number of pyridine rings is 1. The zero-order chi connectivity index (χ0) is 14.8. The van der Waals surface area contributed by atoms with E-state index in [4.69, 9.17) is 0 Å². The van der Waals surface area contributed by atoms with Crippen LogP contribution in [0.2, 0.25) is 0 Å². The second kappa shape index (κ2) is 5.75. The van der Waals surface area contributed by atoms with Crippen LogP contribution in [0.25, 0.3) is 0 Å². The zero-order valence-electron chi connectivity index (χ0n) is 11.9. The normalized spacial score (nSPS) is 26.2. The topological polar surface area (TPSA) is 88.3 Å². The fourth-order valence-electron chi connectivity index (χ4n) is 3.04. The summed E-state index contributed by atoms with van der Waals surface area (Å²) in [5, 5.41) is 23.8. The van der Waals surface area contributed by atoms with Gasteiger partial charge in [0.1, 0.15) is 12.0 Å². The molecule has 1 aromatic rings. The fourth-order valence-corrected chi connectivity index (χ4v) is 3.04. The quantitative estimate of drug-likeness (QED) is 0.653. The van der Waals surface area contributed by atoms with Crippen LogP contribution in [0.3, 0.4) is 0 Å². The van der Waals surface area contributed by atoms with E-state index in [9.17, 15) is 15.2 Å². The van der Waals surface area contributed by atoms with Crippen LogP contribution >= 0.6 is 0 Å². The number of anilines is 1. The van der Waals surface area contributed by atoms with Gasteiger partial charge < -0.3 is 10.4 Å². The Balaban J connectivity index is 2.19. The van der Waals surface area contributed by atoms with E-state index < -0.39 is 4.92 Å². The molecule has 0 radical (unpaired) electrons. The van der Waals surface area contributed by atoms with E-state index in [-0.39, 0.29) is 17.8 Å². The summed E-state index contributed by atoms with van der Waals surface area (Å²) in [6.45, 7) is 3.93. The molecule has 1 aliphatic carbocycles. The zero-order valence-corrected chi connectivity index (χ0v) is 11.9. The molecule has 1 aliphatic rings. The predicted octanol–water partition coefficient (Wildman–Crippen LogP) is 2.65. The van der Waals surface area contributed by atoms with Gasteiger partial charge in [0, 0.05) is 5.56 Å². The van der Waals surface area contributed by atoms with Crippen LogP contribution < -0.4 is 5.32 Å². The van der Waals surface area contributed by atoms with Crippen molar-refractivity contribution < 1.29 is 10.0 Å². The summed E-state index contributed by atoms with van der Waals surface area (Å²) in [5.74, 6) is 1.15. The van der Waals surface area contributed by atoms with E-state index in [1.165, 1.54) is 12.6 Å². The molecule has 110 valence electrons. The van der Waals surface area contributed by atoms with E-state index >= 15 is 0 Å². The van der Waals surface area contributed by atoms with Crippen LogP contribution in [-0.4, -0.2) is 27.2 Å². The summed E-state index contributed by atoms with van der Waals surface area (Å²) in [6, 6.07) is 1.68. The molecule has 2 atom stereocenters. The highest BCUT2D eigenvalue weighted by Crippen LogP contribution is 2.34. The second-order valence-electron chi connectivity index (χ2n) is 5.88. The van der Waals surface area contributed by atoms with Gasteiger partial charge in [0.2, 0.25) is 0 Å². The van der Waals surface area contributed by atoms with Crippen molar-refractivity contribution in [1.29, 1.82) is 0 Å². The number of aryl methyl sites for hydroxylation is 1. The minimum absolute atomic E-state index is 0.0191. The molecule has 0 bridgehead atoms. The summed E-state index contributed by atoms with van der Waals surface area (Å²) in [7, 11) is 0. The van der Waals surface area contributed by atoms with E-state index in [1.807, 2.05) is 0 Å². The third-order valence-electron chi connectivity index (χ3n) is 4.07. The van der Waals surface area contributed by atoms with Gasteiger partial charge in [-0.25, -0.2) is 4.98 Å². The lowest BCUT2D eigenvalue weighted by Crippen LogP contribution is -2.46. The third kappa shape index (κ3) is 3.07. The molecule has 0 spiro atoms. The van der Waals surface area contributed by atoms with Gasteiger partial charge in [-0.2, -0.15) is 0 Å². The average Bonchev–Trinajstić information content (AvgIpc) is 2.38. The van der Waals surface area contributed by atoms with Crippen molar-refractivity contribution in [3.63, 3.8) is 0 Å². The lowest BCUT2D eigenvalue weighted by Gasteiger charge is -2.39. The average molecular weight is 279 g/mol. The first-order valence-corrected chi connectivity index (χ1v) is 6.96. The van der Waals surface area contributed by atoms with Gasteiger partial charge in [0.15, 0.2) is 0 Å². The van der Waals surface area contributed by atoms with Crippen molar-refractivity contribution in [1.82, 2.24) is 4.98 Å². The smallest absolute Gasteiger partial charge is 0.290 e. The van der Waals surface area contributed by atoms with Gasteiger partial charge >= 0.3 is 0 Å². The molecular formula is C14H21N3O3. The first-order valence-electron chi connectivity index (χ1n) is 6.96. The Kier molecular flexibility index (Phi) is 4.23. The molecule has 0 aliphatic heterocycles. The summed E-state index contributed by atoms with van der Waals surface area (Å²) in [4.78, 5) is 14.5. The highest BCUT2D eigenvalue weighted by Gasteiger charge is 2.34. The Hall–Kier alpha value is -1.69. The van der Waals surface area contributed by atoms with Gasteiger partial charge in [-0.05, 0) is 31.7 Å². The van der Waals surface area contributed by atoms with Gasteiger partial charge in [0.05, 0.1) is 17.1 Å². The van der Waals surface area contributed by atoms with E-state index in [0.29, 0.717) is 17.3 Å². The lowest BCUT2D eigenvalue weighted by molar-refractivity contribution is -0.385. The molecule has 1 aromatic heterocycles. The van der Waals surface area contributed by atoms with Crippen molar-refractivity contribution in [3.8, 4) is 0 Å². The maximum Gasteiger partial charge on any atom is 0.290 e. The molecule has 2 unspecified atom stereocenters. The number of hydrogen-bond acceptors (Lipinski definition) is 5. The van der Waals surface area contributed by atoms with Crippen LogP contribution in [0.15, 0.2) is 12.3 Å². The van der Waals surface area contributed by atoms with Crippen LogP contribution in [0, 0.1) is 23.0 Å². The molecule has 0 aromatic carbocycles. The van der Waals surface area contributed by atoms with Crippen LogP contribution in [0.4, 0.5) is 11.5 Å². The standard InChI is InChI=1S/C14H21N3O3/c1-10-4-3-5-14(7-10,9-18)16-13-6-11(2)12(8-15-13)17(19)20/h6,8,10,18H,3-5,7,9H2,1-2H3,(H,15,16). The number of nitro groups is 1. The largest absolute Gasteiger partial charge is 0.394 e. The molecule has 6 nitrogen and oxygen atoms in total. The van der Waals surface area contributed by atoms with Crippen molar-refractivity contribution in [3.05, 3.63) is 27.9 Å². The van der Waals surface area contributed by atoms with Crippen LogP contribution in [0.5, 0.6) is 0 Å². The van der Waals surface area contributed by atoms with Crippen LogP contribution in [0.1, 0.15) is 38.2 Å². The number of nitrogens with zero attached hydrogens (tertiary/aromatic N) is 2. The molecule has 6 heteroatoms. The minimum Gasteiger partial charge on any atom is -0.394 e. The minimum atomic E-state index is -0.434. The van der Waals surface area contributed by atoms with Crippen LogP contribution in [-0.2, 0) is 0 Å². The highest BCUT2D eigenvalue weighted by molar-refractivity contribution is 5.48. The predicted molar refractivity (Wildman–Crippen MR) is 76.7 cm³/mol. The maximum atomic E-state index is 10.8. The molecule has 1 heterocycles. The molecular weight excluding hydrogens is 258 g/mol. The monoisotopic (exact) mass is 279 g/mol. The number of hydrogen-bond donors (Lipinski definition) is 2. The van der Waals surface area contributed by atoms with Crippen molar-refractivity contribution in [2.24, 2.45) is 5.92 Å². The molecule has 2 rings (SSSR count). The Morgan fingerprint density at radius 3 is 2.95 bits per heavy atom. The lowest BCUT2D eigenvalue weighted by atomic mass is 9.77. The first kappa shape index (κ1) is 14.7. The van der Waals surface area contributed by atoms with Gasteiger partial charge in [-0.1, -0.05) is 19.8 Å². The second-order valence-corrected chi connectivity index (χ2v) is 5.88. The molecule has 0 saturated heterocycles. The molecule has 1 saturated carbocycles. The number of nitrogens with one attached hydrogen (secondary N) is 1. The fraction of sp³-hybridized carbons (Fsp3) is 0.643. The van der Waals surface area contributed by atoms with E-state index in [0.717, 1.165) is 19.3 Å². The molecule has 2 N–H and O–H groups in total. The SMILES string of the molecule is Cc1cc(NC2(CO)CCCC(C)C2)ncc1[N+](=O)[O-]. The molecule has 1 fully saturated rings. The number of aromatic nitrogens is 1. The number of aliphatic hydroxyl groups excluding tert-OH is 1. The van der Waals surface area contributed by atoms with E-state index in [2.05, 4.69) is 17.2 Å². The van der Waals surface area contributed by atoms with Gasteiger partial charge in [-0.3, -0.25) is 10.1 Å². The highest BCUT2D eigenvalue weighted by atomic mass is 16.6. The molecule has 0 amide bonds. The summed E-state index contributed by atoms with van der Waals surface area (Å²) in [6.07, 6.45) is 5.30. The Morgan fingerprint density at radius 1 is 1.65 bits per heavy atom. The first-order chi connectivity index (χ1) is 9.46. The van der Waals surface area contributed by atoms with Crippen molar-refractivity contribution in [2.45, 2.75) is 45.1 Å². The Bertz CT molecular complexity index is 506. The van der Waals surface area contributed by atoms with Crippen molar-refractivity contribution >= 4 is 11.5 Å². The Labute approximate surface area is 118 Å². The third-order valence-corrected chi connectivity index (χ3v) is 4.07. The number of rotatable bonds is 4. The van der Waals surface area contributed by atoms with Gasteiger partial charge in [-0.15, -0.1) is 0 Å². The summed E-state index contributed by atoms with van der Waals surface area (Å²) >= 11 is 0. The summed E-state index contributed by atoms with van der Waals surface area (Å²) in [5.41, 5.74) is 0.239.